The van der Waals surface area contributed by atoms with E-state index in [1.807, 2.05) is 25.1 Å². The molecule has 0 unspecified atom stereocenters. The Morgan fingerprint density at radius 1 is 1.35 bits per heavy atom. The number of nitrogens with one attached hydrogen (secondary N) is 1. The molecule has 4 rings (SSSR count). The zero-order chi connectivity index (χ0) is 18.3. The fourth-order valence-electron chi connectivity index (χ4n) is 3.33. The van der Waals surface area contributed by atoms with Crippen molar-refractivity contribution in [2.75, 3.05) is 6.54 Å². The Morgan fingerprint density at radius 2 is 2.15 bits per heavy atom. The molecule has 1 aromatic heterocycles. The van der Waals surface area contributed by atoms with E-state index in [4.69, 9.17) is 16.0 Å². The molecule has 1 aliphatic carbocycles. The van der Waals surface area contributed by atoms with Crippen molar-refractivity contribution in [1.29, 1.82) is 0 Å². The number of halogens is 2. The van der Waals surface area contributed by atoms with Crippen molar-refractivity contribution in [2.24, 2.45) is 5.92 Å². The van der Waals surface area contributed by atoms with Crippen LogP contribution >= 0.6 is 11.6 Å². The molecule has 3 aromatic rings. The molecule has 1 N–H and O–H groups in total. The number of hydrogen-bond donors (Lipinski definition) is 1. The van der Waals surface area contributed by atoms with Gasteiger partial charge in [0, 0.05) is 35.4 Å². The van der Waals surface area contributed by atoms with E-state index in [9.17, 15) is 9.18 Å². The monoisotopic (exact) mass is 372 g/mol. The van der Waals surface area contributed by atoms with Crippen LogP contribution in [0.5, 0.6) is 0 Å². The summed E-state index contributed by atoms with van der Waals surface area (Å²) in [6, 6.07) is 10.4. The summed E-state index contributed by atoms with van der Waals surface area (Å²) in [4.78, 5) is 16.8. The lowest BCUT2D eigenvalue weighted by Crippen LogP contribution is -2.27. The molecule has 0 spiro atoms. The van der Waals surface area contributed by atoms with Gasteiger partial charge in [0.15, 0.2) is 11.5 Å². The van der Waals surface area contributed by atoms with Gasteiger partial charge in [-0.2, -0.15) is 0 Å². The van der Waals surface area contributed by atoms with Crippen molar-refractivity contribution in [3.63, 3.8) is 0 Å². The standard InChI is InChI=1S/C20H18ClFN2O2/c1-11-4-2-7-16-19(11)24-17(26-16)8-9-23-20(25)13-10-12(13)18-14(21)5-3-6-15(18)22/h2-7,12-13H,8-10H2,1H3,(H,23,25)/t12-,13-/m0/s1. The minimum Gasteiger partial charge on any atom is -0.441 e. The molecule has 0 bridgehead atoms. The van der Waals surface area contributed by atoms with Gasteiger partial charge in [-0.05, 0) is 37.1 Å². The summed E-state index contributed by atoms with van der Waals surface area (Å²) in [5.41, 5.74) is 3.11. The van der Waals surface area contributed by atoms with E-state index < -0.39 is 0 Å². The van der Waals surface area contributed by atoms with Crippen LogP contribution in [0.1, 0.15) is 29.4 Å². The molecule has 0 radical (unpaired) electrons. The van der Waals surface area contributed by atoms with Gasteiger partial charge < -0.3 is 9.73 Å². The van der Waals surface area contributed by atoms with Crippen LogP contribution in [0.25, 0.3) is 11.1 Å². The topological polar surface area (TPSA) is 55.1 Å². The van der Waals surface area contributed by atoms with Crippen LogP contribution in [0.3, 0.4) is 0 Å². The van der Waals surface area contributed by atoms with Crippen LogP contribution in [0.2, 0.25) is 5.02 Å². The highest BCUT2D eigenvalue weighted by atomic mass is 35.5. The summed E-state index contributed by atoms with van der Waals surface area (Å²) in [6.07, 6.45) is 1.13. The zero-order valence-corrected chi connectivity index (χ0v) is 15.0. The lowest BCUT2D eigenvalue weighted by molar-refractivity contribution is -0.122. The fourth-order valence-corrected chi connectivity index (χ4v) is 3.63. The van der Waals surface area contributed by atoms with Gasteiger partial charge in [-0.25, -0.2) is 9.37 Å². The summed E-state index contributed by atoms with van der Waals surface area (Å²) in [5.74, 6) is -0.202. The molecule has 1 amide bonds. The zero-order valence-electron chi connectivity index (χ0n) is 14.3. The maximum Gasteiger partial charge on any atom is 0.223 e. The number of oxazole rings is 1. The van der Waals surface area contributed by atoms with Gasteiger partial charge in [-0.1, -0.05) is 29.8 Å². The minimum atomic E-state index is -0.348. The summed E-state index contributed by atoms with van der Waals surface area (Å²) >= 11 is 6.08. The quantitative estimate of drug-likeness (QED) is 0.722. The molecule has 26 heavy (non-hydrogen) atoms. The van der Waals surface area contributed by atoms with E-state index in [0.717, 1.165) is 16.7 Å². The van der Waals surface area contributed by atoms with E-state index in [1.54, 1.807) is 12.1 Å². The molecule has 6 heteroatoms. The number of amides is 1. The molecule has 1 heterocycles. The van der Waals surface area contributed by atoms with Crippen LogP contribution in [0.15, 0.2) is 40.8 Å². The van der Waals surface area contributed by atoms with Crippen LogP contribution in [-0.2, 0) is 11.2 Å². The first-order chi connectivity index (χ1) is 12.5. The molecular formula is C20H18ClFN2O2. The molecule has 0 saturated heterocycles. The Hall–Kier alpha value is -2.40. The first-order valence-corrected chi connectivity index (χ1v) is 8.99. The van der Waals surface area contributed by atoms with Crippen LogP contribution in [0, 0.1) is 18.7 Å². The molecular weight excluding hydrogens is 355 g/mol. The third-order valence-electron chi connectivity index (χ3n) is 4.80. The molecule has 1 fully saturated rings. The second-order valence-corrected chi connectivity index (χ2v) is 7.06. The van der Waals surface area contributed by atoms with E-state index >= 15 is 0 Å². The van der Waals surface area contributed by atoms with Crippen molar-refractivity contribution in [1.82, 2.24) is 10.3 Å². The lowest BCUT2D eigenvalue weighted by Gasteiger charge is -2.06. The normalized spacial score (nSPS) is 18.9. The number of nitrogens with zero attached hydrogens (tertiary/aromatic N) is 1. The molecule has 1 saturated carbocycles. The average Bonchev–Trinajstić information content (AvgIpc) is 3.26. The van der Waals surface area contributed by atoms with Gasteiger partial charge in [0.25, 0.3) is 0 Å². The molecule has 0 aliphatic heterocycles. The second-order valence-electron chi connectivity index (χ2n) is 6.65. The Balaban J connectivity index is 1.34. The number of rotatable bonds is 5. The number of para-hydroxylation sites is 1. The van der Waals surface area contributed by atoms with E-state index in [1.165, 1.54) is 6.07 Å². The smallest absolute Gasteiger partial charge is 0.223 e. The summed E-state index contributed by atoms with van der Waals surface area (Å²) in [5, 5.41) is 3.27. The van der Waals surface area contributed by atoms with E-state index in [-0.39, 0.29) is 23.6 Å². The highest BCUT2D eigenvalue weighted by Crippen LogP contribution is 2.50. The summed E-state index contributed by atoms with van der Waals surface area (Å²) in [6.45, 7) is 2.41. The van der Waals surface area contributed by atoms with Crippen molar-refractivity contribution < 1.29 is 13.6 Å². The lowest BCUT2D eigenvalue weighted by atomic mass is 10.1. The van der Waals surface area contributed by atoms with Crippen molar-refractivity contribution in [3.05, 3.63) is 64.3 Å². The second kappa shape index (κ2) is 6.72. The van der Waals surface area contributed by atoms with Crippen LogP contribution < -0.4 is 5.32 Å². The number of fused-ring (bicyclic) bond motifs is 1. The number of aromatic nitrogens is 1. The van der Waals surface area contributed by atoms with Gasteiger partial charge in [0.2, 0.25) is 5.91 Å². The van der Waals surface area contributed by atoms with Crippen molar-refractivity contribution in [3.8, 4) is 0 Å². The molecule has 2 atom stereocenters. The van der Waals surface area contributed by atoms with Gasteiger partial charge in [0.1, 0.15) is 11.3 Å². The Bertz CT molecular complexity index is 965. The van der Waals surface area contributed by atoms with Crippen molar-refractivity contribution >= 4 is 28.6 Å². The molecule has 4 nitrogen and oxygen atoms in total. The van der Waals surface area contributed by atoms with E-state index in [0.29, 0.717) is 35.9 Å². The Kier molecular flexibility index (Phi) is 4.41. The minimum absolute atomic E-state index is 0.0818. The van der Waals surface area contributed by atoms with Crippen LogP contribution in [-0.4, -0.2) is 17.4 Å². The highest BCUT2D eigenvalue weighted by Gasteiger charge is 2.46. The van der Waals surface area contributed by atoms with Gasteiger partial charge >= 0.3 is 0 Å². The van der Waals surface area contributed by atoms with Gasteiger partial charge in [0.05, 0.1) is 0 Å². The van der Waals surface area contributed by atoms with Gasteiger partial charge in [-0.15, -0.1) is 0 Å². The molecule has 1 aliphatic rings. The fraction of sp³-hybridized carbons (Fsp3) is 0.300. The number of carbonyl (C=O) groups excluding carboxylic acids is 1. The first-order valence-electron chi connectivity index (χ1n) is 8.61. The van der Waals surface area contributed by atoms with E-state index in [2.05, 4.69) is 10.3 Å². The molecule has 2 aromatic carbocycles. The Morgan fingerprint density at radius 3 is 2.92 bits per heavy atom. The first kappa shape index (κ1) is 17.0. The summed E-state index contributed by atoms with van der Waals surface area (Å²) < 4.78 is 19.6. The van der Waals surface area contributed by atoms with Crippen molar-refractivity contribution in [2.45, 2.75) is 25.7 Å². The number of benzene rings is 2. The largest absolute Gasteiger partial charge is 0.441 e. The average molecular weight is 373 g/mol. The van der Waals surface area contributed by atoms with Gasteiger partial charge in [-0.3, -0.25) is 4.79 Å². The van der Waals surface area contributed by atoms with Crippen LogP contribution in [0.4, 0.5) is 4.39 Å². The highest BCUT2D eigenvalue weighted by molar-refractivity contribution is 6.31. The summed E-state index contributed by atoms with van der Waals surface area (Å²) in [7, 11) is 0. The third-order valence-corrected chi connectivity index (χ3v) is 5.13. The predicted molar refractivity (Wildman–Crippen MR) is 97.7 cm³/mol. The SMILES string of the molecule is Cc1cccc2oc(CCNC(=O)[C@H]3C[C@@H]3c3c(F)cccc3Cl)nc12. The predicted octanol–water partition coefficient (Wildman–Crippen LogP) is 4.39. The maximum atomic E-state index is 13.9. The number of aryl methyl sites for hydroxylation is 1. The maximum absolute atomic E-state index is 13.9. The number of carbonyl (C=O) groups is 1. The Labute approximate surface area is 155 Å². The number of hydrogen-bond acceptors (Lipinski definition) is 3. The molecule has 134 valence electrons. The third kappa shape index (κ3) is 3.19.